The summed E-state index contributed by atoms with van der Waals surface area (Å²) < 4.78 is 3.14. The van der Waals surface area contributed by atoms with Gasteiger partial charge in [-0.05, 0) is 37.1 Å². The van der Waals surface area contributed by atoms with Gasteiger partial charge in [0.15, 0.2) is 0 Å². The zero-order valence-corrected chi connectivity index (χ0v) is 14.3. The molecule has 132 valence electrons. The van der Waals surface area contributed by atoms with Crippen LogP contribution in [0.25, 0.3) is 5.69 Å². The number of hydrogen-bond donors (Lipinski definition) is 1. The first-order chi connectivity index (χ1) is 12.7. The molecule has 1 aliphatic carbocycles. The first kappa shape index (κ1) is 16.3. The lowest BCUT2D eigenvalue weighted by atomic mass is 10.2. The van der Waals surface area contributed by atoms with E-state index in [4.69, 9.17) is 0 Å². The van der Waals surface area contributed by atoms with Crippen molar-refractivity contribution in [1.82, 2.24) is 19.7 Å². The van der Waals surface area contributed by atoms with Gasteiger partial charge in [0, 0.05) is 18.0 Å². The SMILES string of the molecule is O=C(NCCn1nc(C2CC2)n(-c2ccccc2)c1=O)c1ccccc1. The molecule has 0 unspecified atom stereocenters. The minimum Gasteiger partial charge on any atom is -0.350 e. The summed E-state index contributed by atoms with van der Waals surface area (Å²) in [5, 5.41) is 7.37. The zero-order valence-electron chi connectivity index (χ0n) is 14.3. The van der Waals surface area contributed by atoms with E-state index in [9.17, 15) is 9.59 Å². The molecule has 4 rings (SSSR count). The van der Waals surface area contributed by atoms with E-state index in [-0.39, 0.29) is 11.6 Å². The molecule has 6 nitrogen and oxygen atoms in total. The van der Waals surface area contributed by atoms with Crippen molar-refractivity contribution >= 4 is 5.91 Å². The van der Waals surface area contributed by atoms with Crippen LogP contribution in [-0.2, 0) is 6.54 Å². The highest BCUT2D eigenvalue weighted by molar-refractivity contribution is 5.94. The molecule has 6 heteroatoms. The molecule has 1 amide bonds. The van der Waals surface area contributed by atoms with Gasteiger partial charge in [0.05, 0.1) is 12.2 Å². The fraction of sp³-hybridized carbons (Fsp3) is 0.250. The van der Waals surface area contributed by atoms with E-state index in [1.165, 1.54) is 4.68 Å². The molecule has 3 aromatic rings. The Morgan fingerprint density at radius 3 is 2.35 bits per heavy atom. The molecule has 0 saturated heterocycles. The zero-order chi connectivity index (χ0) is 17.9. The number of carbonyl (C=O) groups is 1. The lowest BCUT2D eigenvalue weighted by molar-refractivity contribution is 0.0952. The van der Waals surface area contributed by atoms with Crippen LogP contribution < -0.4 is 11.0 Å². The number of benzene rings is 2. The molecule has 1 saturated carbocycles. The Morgan fingerprint density at radius 1 is 1.04 bits per heavy atom. The van der Waals surface area contributed by atoms with Crippen molar-refractivity contribution in [2.75, 3.05) is 6.54 Å². The number of aromatic nitrogens is 3. The molecule has 0 bridgehead atoms. The van der Waals surface area contributed by atoms with Gasteiger partial charge in [-0.3, -0.25) is 4.79 Å². The number of para-hydroxylation sites is 1. The second-order valence-electron chi connectivity index (χ2n) is 6.43. The predicted molar refractivity (Wildman–Crippen MR) is 98.6 cm³/mol. The van der Waals surface area contributed by atoms with Crippen LogP contribution in [0.1, 0.15) is 34.9 Å². The largest absolute Gasteiger partial charge is 0.350 e. The summed E-state index contributed by atoms with van der Waals surface area (Å²) in [5.41, 5.74) is 1.28. The third-order valence-corrected chi connectivity index (χ3v) is 4.47. The quantitative estimate of drug-likeness (QED) is 0.743. The Labute approximate surface area is 151 Å². The van der Waals surface area contributed by atoms with E-state index in [1.807, 2.05) is 48.5 Å². The lowest BCUT2D eigenvalue weighted by Crippen LogP contribution is -2.32. The van der Waals surface area contributed by atoms with Crippen molar-refractivity contribution in [3.8, 4) is 5.69 Å². The highest BCUT2D eigenvalue weighted by atomic mass is 16.2. The second-order valence-corrected chi connectivity index (χ2v) is 6.43. The first-order valence-electron chi connectivity index (χ1n) is 8.82. The van der Waals surface area contributed by atoms with Gasteiger partial charge in [-0.25, -0.2) is 14.0 Å². The monoisotopic (exact) mass is 348 g/mol. The van der Waals surface area contributed by atoms with Gasteiger partial charge in [0.2, 0.25) is 0 Å². The maximum atomic E-state index is 12.8. The summed E-state index contributed by atoms with van der Waals surface area (Å²) in [5.74, 6) is 1.02. The molecule has 1 N–H and O–H groups in total. The van der Waals surface area contributed by atoms with Crippen molar-refractivity contribution in [2.45, 2.75) is 25.3 Å². The Morgan fingerprint density at radius 2 is 1.69 bits per heavy atom. The van der Waals surface area contributed by atoms with Gasteiger partial charge in [0.1, 0.15) is 5.82 Å². The normalized spacial score (nSPS) is 13.5. The molecular weight excluding hydrogens is 328 g/mol. The first-order valence-corrected chi connectivity index (χ1v) is 8.82. The van der Waals surface area contributed by atoms with E-state index in [0.717, 1.165) is 24.4 Å². The van der Waals surface area contributed by atoms with E-state index < -0.39 is 0 Å². The number of hydrogen-bond acceptors (Lipinski definition) is 3. The Balaban J connectivity index is 1.51. The molecule has 0 aliphatic heterocycles. The summed E-state index contributed by atoms with van der Waals surface area (Å²) in [4.78, 5) is 24.9. The average Bonchev–Trinajstić information content (AvgIpc) is 3.48. The molecular formula is C20H20N4O2. The smallest absolute Gasteiger partial charge is 0.350 e. The van der Waals surface area contributed by atoms with E-state index >= 15 is 0 Å². The van der Waals surface area contributed by atoms with E-state index in [0.29, 0.717) is 24.6 Å². The van der Waals surface area contributed by atoms with E-state index in [1.54, 1.807) is 16.7 Å². The summed E-state index contributed by atoms with van der Waals surface area (Å²) in [6.07, 6.45) is 2.13. The van der Waals surface area contributed by atoms with Crippen molar-refractivity contribution in [1.29, 1.82) is 0 Å². The molecule has 2 aromatic carbocycles. The summed E-state index contributed by atoms with van der Waals surface area (Å²) in [6.45, 7) is 0.695. The minimum absolute atomic E-state index is 0.149. The van der Waals surface area contributed by atoms with Crippen LogP contribution in [0.4, 0.5) is 0 Å². The van der Waals surface area contributed by atoms with Crippen molar-refractivity contribution < 1.29 is 4.79 Å². The van der Waals surface area contributed by atoms with Crippen LogP contribution in [0.5, 0.6) is 0 Å². The van der Waals surface area contributed by atoms with Crippen molar-refractivity contribution in [3.63, 3.8) is 0 Å². The van der Waals surface area contributed by atoms with Crippen LogP contribution in [0, 0.1) is 0 Å². The molecule has 0 spiro atoms. The van der Waals surface area contributed by atoms with Crippen LogP contribution >= 0.6 is 0 Å². The number of amides is 1. The second kappa shape index (κ2) is 7.00. The van der Waals surface area contributed by atoms with Gasteiger partial charge >= 0.3 is 5.69 Å². The third-order valence-electron chi connectivity index (χ3n) is 4.47. The fourth-order valence-corrected chi connectivity index (χ4v) is 2.96. The Bertz CT molecular complexity index is 956. The summed E-state index contributed by atoms with van der Waals surface area (Å²) >= 11 is 0. The van der Waals surface area contributed by atoms with Crippen LogP contribution in [-0.4, -0.2) is 26.8 Å². The van der Waals surface area contributed by atoms with Crippen molar-refractivity contribution in [3.05, 3.63) is 82.5 Å². The van der Waals surface area contributed by atoms with Crippen LogP contribution in [0.15, 0.2) is 65.5 Å². The maximum Gasteiger partial charge on any atom is 0.350 e. The van der Waals surface area contributed by atoms with Gasteiger partial charge in [0.25, 0.3) is 5.91 Å². The summed E-state index contributed by atoms with van der Waals surface area (Å²) in [7, 11) is 0. The maximum absolute atomic E-state index is 12.8. The average molecular weight is 348 g/mol. The number of nitrogens with one attached hydrogen (secondary N) is 1. The molecule has 0 atom stereocenters. The molecule has 1 heterocycles. The van der Waals surface area contributed by atoms with E-state index in [2.05, 4.69) is 10.4 Å². The Hall–Kier alpha value is -3.15. The van der Waals surface area contributed by atoms with Gasteiger partial charge < -0.3 is 5.32 Å². The van der Waals surface area contributed by atoms with Gasteiger partial charge in [-0.15, -0.1) is 0 Å². The molecule has 0 radical (unpaired) electrons. The number of carbonyl (C=O) groups excluding carboxylic acids is 1. The van der Waals surface area contributed by atoms with Crippen LogP contribution in [0.3, 0.4) is 0 Å². The molecule has 1 aromatic heterocycles. The molecule has 1 aliphatic rings. The van der Waals surface area contributed by atoms with Gasteiger partial charge in [-0.1, -0.05) is 36.4 Å². The van der Waals surface area contributed by atoms with Gasteiger partial charge in [-0.2, -0.15) is 5.10 Å². The Kier molecular flexibility index (Phi) is 4.39. The topological polar surface area (TPSA) is 68.9 Å². The lowest BCUT2D eigenvalue weighted by Gasteiger charge is -2.04. The van der Waals surface area contributed by atoms with Crippen molar-refractivity contribution in [2.24, 2.45) is 0 Å². The fourth-order valence-electron chi connectivity index (χ4n) is 2.96. The third kappa shape index (κ3) is 3.31. The standard InChI is InChI=1S/C20H20N4O2/c25-19(16-7-3-1-4-8-16)21-13-14-23-20(26)24(17-9-5-2-6-10-17)18(22-23)15-11-12-15/h1-10,15H,11-14H2,(H,21,25). The number of rotatable bonds is 6. The highest BCUT2D eigenvalue weighted by Crippen LogP contribution is 2.39. The number of nitrogens with zero attached hydrogens (tertiary/aromatic N) is 3. The molecule has 1 fully saturated rings. The highest BCUT2D eigenvalue weighted by Gasteiger charge is 2.31. The minimum atomic E-state index is -0.160. The van der Waals surface area contributed by atoms with Crippen LogP contribution in [0.2, 0.25) is 0 Å². The summed E-state index contributed by atoms with van der Waals surface area (Å²) in [6, 6.07) is 18.6. The molecule has 26 heavy (non-hydrogen) atoms. The predicted octanol–water partition coefficient (Wildman–Crippen LogP) is 2.34.